The number of hydrogen-bond donors (Lipinski definition) is 1. The Labute approximate surface area is 454 Å². The number of unbranched alkanes of at least 4 members (excludes halogenated alkanes) is 15. The van der Waals surface area contributed by atoms with E-state index in [0.29, 0.717) is 6.42 Å². The van der Waals surface area contributed by atoms with Crippen LogP contribution in [0.5, 0.6) is 0 Å². The monoisotopic (exact) mass is 1380 g/mol. The molecule has 44 heteroatoms. The highest BCUT2D eigenvalue weighted by Gasteiger charge is 3.03. The van der Waals surface area contributed by atoms with Crippen LogP contribution in [0.4, 0.5) is 184 Å². The molecule has 0 atom stereocenters. The van der Waals surface area contributed by atoms with E-state index in [1.807, 2.05) is 0 Å². The number of carbonyl (C=O) groups is 1. The lowest BCUT2D eigenvalue weighted by Crippen LogP contribution is -2.80. The van der Waals surface area contributed by atoms with Crippen LogP contribution in [0.3, 0.4) is 0 Å². The van der Waals surface area contributed by atoms with Crippen LogP contribution in [-0.4, -0.2) is 130 Å². The molecule has 0 unspecified atom stereocenters. The minimum Gasteiger partial charge on any atom is -0.481 e. The molecule has 0 spiro atoms. The molecule has 516 valence electrons. The Kier molecular flexibility index (Phi) is 26.5. The number of aliphatic carboxylic acids is 1. The van der Waals surface area contributed by atoms with Gasteiger partial charge in [0.25, 0.3) is 0 Å². The highest BCUT2D eigenvalue weighted by atomic mass is 19.5. The molecule has 0 saturated carbocycles. The predicted molar refractivity (Wildman–Crippen MR) is 207 cm³/mol. The Balaban J connectivity index is 0. The highest BCUT2D eigenvalue weighted by Crippen LogP contribution is 2.71. The summed E-state index contributed by atoms with van der Waals surface area (Å²) in [6.07, 6.45) is 10.1. The summed E-state index contributed by atoms with van der Waals surface area (Å²) >= 11 is 0. The van der Waals surface area contributed by atoms with Gasteiger partial charge in [0, 0.05) is 6.42 Å². The first-order chi connectivity index (χ1) is 37.5. The number of alkyl halides is 42. The predicted octanol–water partition coefficient (Wildman–Crippen LogP) is 21.2. The summed E-state index contributed by atoms with van der Waals surface area (Å²) in [5, 5.41) is 8.55. The molecule has 0 radical (unpaired) electrons. The zero-order valence-corrected chi connectivity index (χ0v) is 42.1. The van der Waals surface area contributed by atoms with Crippen LogP contribution < -0.4 is 0 Å². The quantitative estimate of drug-likeness (QED) is 0.0386. The van der Waals surface area contributed by atoms with Crippen molar-refractivity contribution < 1.29 is 194 Å². The topological polar surface area (TPSA) is 37.3 Å². The maximum Gasteiger partial charge on any atom is 0.460 e. The van der Waals surface area contributed by atoms with Crippen LogP contribution in [-0.2, 0) is 4.79 Å². The summed E-state index contributed by atoms with van der Waals surface area (Å²) in [6, 6.07) is 0. The Morgan fingerprint density at radius 3 is 0.523 bits per heavy atom. The van der Waals surface area contributed by atoms with Crippen molar-refractivity contribution in [1.82, 2.24) is 0 Å². The fourth-order valence-electron chi connectivity index (χ4n) is 6.56. The minimum atomic E-state index is -10.6. The summed E-state index contributed by atoms with van der Waals surface area (Å²) in [6.45, 7) is 2.27. The molecule has 0 amide bonds. The standard InChI is InChI=1S/C22H42O2.C20F42/c1-2-3-4-5-6-7-8-9-10-11-12-13-14-15-16-17-18-19-20-21-22(23)24;21-1(22,3(25,26)5(29,30)7(33,34)9(37,38)11(41,42)13(45,46)15(49,50)17(53,54)19(57,58)59)2(23,24)4(27,28)6(31,32)8(35,36)10(39,40)12(43,44)14(47,48)16(51,52)18(55,56)20(60,61)62/h9-10H,2-8,11-21H2,1H3,(H,23,24);/b10-9-;. The fraction of sp³-hybridized carbons (Fsp3) is 0.929. The third kappa shape index (κ3) is 14.2. The number of allylic oxidation sites excluding steroid dienone is 2. The lowest BCUT2D eigenvalue weighted by molar-refractivity contribution is -0.496. The molecule has 0 aliphatic heterocycles. The van der Waals surface area contributed by atoms with Gasteiger partial charge in [0.15, 0.2) is 0 Å². The second-order valence-electron chi connectivity index (χ2n) is 18.5. The maximum atomic E-state index is 13.9. The van der Waals surface area contributed by atoms with Gasteiger partial charge in [-0.25, -0.2) is 0 Å². The molecule has 0 aromatic heterocycles. The summed E-state index contributed by atoms with van der Waals surface area (Å²) in [4.78, 5) is 10.4. The number of carboxylic acid groups (broad SMARTS) is 1. The van der Waals surface area contributed by atoms with Crippen LogP contribution >= 0.6 is 0 Å². The average molecular weight is 1380 g/mol. The van der Waals surface area contributed by atoms with E-state index in [4.69, 9.17) is 5.11 Å². The first-order valence-electron chi connectivity index (χ1n) is 23.3. The van der Waals surface area contributed by atoms with Crippen LogP contribution in [0.2, 0.25) is 0 Å². The maximum absolute atomic E-state index is 13.9. The molecule has 86 heavy (non-hydrogen) atoms. The van der Waals surface area contributed by atoms with Crippen molar-refractivity contribution in [2.75, 3.05) is 0 Å². The van der Waals surface area contributed by atoms with Gasteiger partial charge in [-0.05, 0) is 32.1 Å². The van der Waals surface area contributed by atoms with Crippen LogP contribution in [0.1, 0.15) is 122 Å². The van der Waals surface area contributed by atoms with E-state index in [-0.39, 0.29) is 0 Å². The van der Waals surface area contributed by atoms with Crippen molar-refractivity contribution in [2.45, 2.75) is 241 Å². The van der Waals surface area contributed by atoms with Crippen LogP contribution in [0, 0.1) is 0 Å². The van der Waals surface area contributed by atoms with Crippen molar-refractivity contribution in [3.63, 3.8) is 0 Å². The summed E-state index contributed by atoms with van der Waals surface area (Å²) in [5.74, 6) is -183. The Hall–Kier alpha value is -3.73. The number of halogens is 42. The lowest BCUT2D eigenvalue weighted by Gasteiger charge is -2.47. The third-order valence-electron chi connectivity index (χ3n) is 12.1. The van der Waals surface area contributed by atoms with Crippen molar-refractivity contribution in [3.05, 3.63) is 12.2 Å². The summed E-state index contributed by atoms with van der Waals surface area (Å²) in [7, 11) is 0. The van der Waals surface area contributed by atoms with Gasteiger partial charge in [-0.1, -0.05) is 96.1 Å². The zero-order chi connectivity index (χ0) is 69.7. The molecule has 0 aliphatic carbocycles. The van der Waals surface area contributed by atoms with Gasteiger partial charge in [-0.3, -0.25) is 4.79 Å². The van der Waals surface area contributed by atoms with E-state index < -0.39 is 125 Å². The van der Waals surface area contributed by atoms with Gasteiger partial charge in [0.05, 0.1) is 0 Å². The molecule has 1 N–H and O–H groups in total. The fourth-order valence-corrected chi connectivity index (χ4v) is 6.56. The average Bonchev–Trinajstić information content (AvgIpc) is 0.854. The highest BCUT2D eigenvalue weighted by molar-refractivity contribution is 5.66. The molecule has 0 fully saturated rings. The molecule has 0 heterocycles. The lowest BCUT2D eigenvalue weighted by atomic mass is 9.82. The molecule has 0 aromatic carbocycles. The molecular formula is C42H42F42O2. The van der Waals surface area contributed by atoms with E-state index in [1.165, 1.54) is 96.3 Å². The Morgan fingerprint density at radius 2 is 0.372 bits per heavy atom. The first-order valence-corrected chi connectivity index (χ1v) is 23.3. The van der Waals surface area contributed by atoms with Gasteiger partial charge in [0.1, 0.15) is 0 Å². The van der Waals surface area contributed by atoms with Crippen molar-refractivity contribution in [1.29, 1.82) is 0 Å². The Bertz CT molecular complexity index is 2030. The largest absolute Gasteiger partial charge is 0.481 e. The van der Waals surface area contributed by atoms with Crippen molar-refractivity contribution in [3.8, 4) is 0 Å². The normalized spacial score (nSPS) is 15.8. The molecular weight excluding hydrogens is 1330 g/mol. The first kappa shape index (κ1) is 84.3. The molecule has 0 aromatic rings. The van der Waals surface area contributed by atoms with Gasteiger partial charge in [-0.2, -0.15) is 184 Å². The van der Waals surface area contributed by atoms with Crippen molar-refractivity contribution in [2.24, 2.45) is 0 Å². The van der Waals surface area contributed by atoms with Gasteiger partial charge in [0.2, 0.25) is 0 Å². The second-order valence-corrected chi connectivity index (χ2v) is 18.5. The number of carboxylic acids is 1. The molecule has 0 aliphatic rings. The number of rotatable bonds is 36. The second kappa shape index (κ2) is 27.0. The van der Waals surface area contributed by atoms with Crippen LogP contribution in [0.25, 0.3) is 0 Å². The Morgan fingerprint density at radius 1 is 0.233 bits per heavy atom. The summed E-state index contributed by atoms with van der Waals surface area (Å²) in [5.41, 5.74) is 0. The number of hydrogen-bond acceptors (Lipinski definition) is 1. The van der Waals surface area contributed by atoms with Gasteiger partial charge in [-0.15, -0.1) is 0 Å². The minimum absolute atomic E-state index is 0.340. The molecule has 0 rings (SSSR count). The van der Waals surface area contributed by atoms with E-state index in [2.05, 4.69) is 19.1 Å². The van der Waals surface area contributed by atoms with E-state index >= 15 is 0 Å². The zero-order valence-electron chi connectivity index (χ0n) is 42.1. The van der Waals surface area contributed by atoms with Gasteiger partial charge < -0.3 is 5.11 Å². The molecule has 2 nitrogen and oxygen atoms in total. The third-order valence-corrected chi connectivity index (χ3v) is 12.1. The summed E-state index contributed by atoms with van der Waals surface area (Å²) < 4.78 is 561. The smallest absolute Gasteiger partial charge is 0.460 e. The van der Waals surface area contributed by atoms with Crippen molar-refractivity contribution >= 4 is 5.97 Å². The van der Waals surface area contributed by atoms with Gasteiger partial charge >= 0.3 is 125 Å². The van der Waals surface area contributed by atoms with Crippen LogP contribution in [0.15, 0.2) is 12.2 Å². The SMILES string of the molecule is CCCCCCCC/C=C\CCCCCCCCCCCC(=O)O.FC(F)(F)C(F)(F)C(F)(F)C(F)(F)C(F)(F)C(F)(F)C(F)(F)C(F)(F)C(F)(F)C(F)(F)C(F)(F)C(F)(F)C(F)(F)C(F)(F)C(F)(F)C(F)(F)C(F)(F)C(F)(F)C(F)(F)C(F)(F)F. The van der Waals surface area contributed by atoms with E-state index in [9.17, 15) is 189 Å². The van der Waals surface area contributed by atoms with E-state index in [0.717, 1.165) is 12.8 Å². The molecule has 0 saturated heterocycles. The molecule has 0 bridgehead atoms. The van der Waals surface area contributed by atoms with E-state index in [1.54, 1.807) is 0 Å².